The number of benzene rings is 1. The number of aromatic hydroxyl groups is 1. The number of primary amides is 1. The van der Waals surface area contributed by atoms with Gasteiger partial charge in [0.1, 0.15) is 23.9 Å². The van der Waals surface area contributed by atoms with E-state index in [1.165, 1.54) is 24.3 Å². The van der Waals surface area contributed by atoms with Crippen molar-refractivity contribution in [3.63, 3.8) is 0 Å². The highest BCUT2D eigenvalue weighted by Gasteiger charge is 2.31. The molecule has 4 atom stereocenters. The van der Waals surface area contributed by atoms with Gasteiger partial charge in [0.2, 0.25) is 23.6 Å². The molecule has 0 bridgehead atoms. The number of phenols is 1. The van der Waals surface area contributed by atoms with E-state index in [1.54, 1.807) is 0 Å². The monoisotopic (exact) mass is 566 g/mol. The molecular weight excluding hydrogens is 532 g/mol. The lowest BCUT2D eigenvalue weighted by atomic mass is 10.0. The average molecular weight is 567 g/mol. The van der Waals surface area contributed by atoms with Crippen LogP contribution in [-0.4, -0.2) is 87.6 Å². The number of hydrogen-bond donors (Lipinski definition) is 10. The lowest BCUT2D eigenvalue weighted by Crippen LogP contribution is -2.57. The van der Waals surface area contributed by atoms with Gasteiger partial charge >= 0.3 is 11.9 Å². The van der Waals surface area contributed by atoms with Gasteiger partial charge in [-0.15, -0.1) is 0 Å². The summed E-state index contributed by atoms with van der Waals surface area (Å²) in [6.45, 7) is 0.0348. The number of amides is 4. The number of nitrogens with one attached hydrogen (secondary N) is 3. The Morgan fingerprint density at radius 1 is 0.800 bits per heavy atom. The van der Waals surface area contributed by atoms with Gasteiger partial charge in [-0.2, -0.15) is 0 Å². The molecule has 0 aliphatic heterocycles. The molecule has 0 spiro atoms. The van der Waals surface area contributed by atoms with Crippen molar-refractivity contribution in [2.24, 2.45) is 27.9 Å². The van der Waals surface area contributed by atoms with Gasteiger partial charge in [-0.3, -0.25) is 29.0 Å². The summed E-state index contributed by atoms with van der Waals surface area (Å²) in [5.41, 5.74) is 22.0. The Labute approximate surface area is 228 Å². The minimum absolute atomic E-state index is 0.000212. The summed E-state index contributed by atoms with van der Waals surface area (Å²) in [5.74, 6) is -7.20. The topological polar surface area (TPSA) is 316 Å². The maximum atomic E-state index is 13.0. The number of carbonyl (C=O) groups excluding carboxylic acids is 4. The molecular formula is C23H34N8O9. The molecule has 1 rings (SSSR count). The van der Waals surface area contributed by atoms with Gasteiger partial charge < -0.3 is 54.2 Å². The lowest BCUT2D eigenvalue weighted by molar-refractivity contribution is -0.144. The van der Waals surface area contributed by atoms with Crippen LogP contribution < -0.4 is 38.9 Å². The number of guanidine groups is 1. The van der Waals surface area contributed by atoms with Crippen LogP contribution in [0.1, 0.15) is 31.2 Å². The van der Waals surface area contributed by atoms with Crippen molar-refractivity contribution in [1.29, 1.82) is 0 Å². The number of carbonyl (C=O) groups is 6. The molecule has 1 aromatic rings. The molecule has 40 heavy (non-hydrogen) atoms. The second kappa shape index (κ2) is 16.1. The zero-order valence-electron chi connectivity index (χ0n) is 21.4. The fourth-order valence-corrected chi connectivity index (χ4v) is 3.36. The molecule has 0 aliphatic rings. The average Bonchev–Trinajstić information content (AvgIpc) is 2.85. The summed E-state index contributed by atoms with van der Waals surface area (Å²) in [6, 6.07) is -0.169. The molecule has 17 nitrogen and oxygen atoms in total. The number of carboxylic acid groups (broad SMARTS) is 2. The first-order valence-corrected chi connectivity index (χ1v) is 11.9. The highest BCUT2D eigenvalue weighted by atomic mass is 16.4. The zero-order valence-corrected chi connectivity index (χ0v) is 21.4. The summed E-state index contributed by atoms with van der Waals surface area (Å²) >= 11 is 0. The molecule has 17 heteroatoms. The Balaban J connectivity index is 3.04. The van der Waals surface area contributed by atoms with Crippen molar-refractivity contribution < 1.29 is 44.1 Å². The third-order valence-electron chi connectivity index (χ3n) is 5.34. The Morgan fingerprint density at radius 2 is 1.35 bits per heavy atom. The van der Waals surface area contributed by atoms with Crippen LogP contribution in [0.5, 0.6) is 5.75 Å². The molecule has 0 fully saturated rings. The number of nitrogens with zero attached hydrogens (tertiary/aromatic N) is 1. The van der Waals surface area contributed by atoms with Crippen LogP contribution in [0.3, 0.4) is 0 Å². The molecule has 4 unspecified atom stereocenters. The predicted molar refractivity (Wildman–Crippen MR) is 139 cm³/mol. The second-order valence-electron chi connectivity index (χ2n) is 8.72. The maximum Gasteiger partial charge on any atom is 0.326 e. The lowest BCUT2D eigenvalue weighted by Gasteiger charge is -2.24. The Kier molecular flexibility index (Phi) is 13.3. The number of nitrogens with two attached hydrogens (primary N) is 4. The van der Waals surface area contributed by atoms with E-state index in [0.717, 1.165) is 0 Å². The third kappa shape index (κ3) is 12.5. The number of hydrogen-bond acceptors (Lipinski definition) is 9. The molecule has 0 aliphatic carbocycles. The van der Waals surface area contributed by atoms with E-state index in [4.69, 9.17) is 22.9 Å². The van der Waals surface area contributed by atoms with Gasteiger partial charge in [0.05, 0.1) is 18.9 Å². The Bertz CT molecular complexity index is 1110. The first-order chi connectivity index (χ1) is 18.7. The van der Waals surface area contributed by atoms with Crippen LogP contribution >= 0.6 is 0 Å². The molecule has 0 saturated heterocycles. The van der Waals surface area contributed by atoms with E-state index in [1.807, 2.05) is 0 Å². The van der Waals surface area contributed by atoms with E-state index < -0.39 is 72.6 Å². The van der Waals surface area contributed by atoms with E-state index in [9.17, 15) is 44.1 Å². The van der Waals surface area contributed by atoms with Crippen molar-refractivity contribution in [3.05, 3.63) is 29.8 Å². The van der Waals surface area contributed by atoms with Crippen LogP contribution in [0.2, 0.25) is 0 Å². The summed E-state index contributed by atoms with van der Waals surface area (Å²) in [7, 11) is 0. The fraction of sp³-hybridized carbons (Fsp3) is 0.435. The van der Waals surface area contributed by atoms with E-state index >= 15 is 0 Å². The van der Waals surface area contributed by atoms with Gasteiger partial charge in [-0.25, -0.2) is 4.79 Å². The largest absolute Gasteiger partial charge is 0.508 e. The minimum Gasteiger partial charge on any atom is -0.508 e. The zero-order chi connectivity index (χ0) is 30.4. The molecule has 1 aromatic carbocycles. The quantitative estimate of drug-likeness (QED) is 0.0493. The molecule has 0 heterocycles. The van der Waals surface area contributed by atoms with Crippen LogP contribution in [0.4, 0.5) is 0 Å². The number of aliphatic carboxylic acids is 2. The van der Waals surface area contributed by atoms with E-state index in [-0.39, 0.29) is 37.5 Å². The molecule has 0 saturated carbocycles. The normalized spacial score (nSPS) is 13.5. The van der Waals surface area contributed by atoms with Crippen LogP contribution in [0, 0.1) is 0 Å². The van der Waals surface area contributed by atoms with Gasteiger partial charge in [-0.05, 0) is 37.0 Å². The SMILES string of the molecule is NC(=O)CC(NC(=O)C(CCCN=C(N)N)NC(=O)C(CC(=O)O)NC(=O)C(N)Cc1ccc(O)cc1)C(=O)O. The van der Waals surface area contributed by atoms with Crippen LogP contribution in [0.15, 0.2) is 29.3 Å². The van der Waals surface area contributed by atoms with Crippen LogP contribution in [-0.2, 0) is 35.2 Å². The van der Waals surface area contributed by atoms with Crippen molar-refractivity contribution in [1.82, 2.24) is 16.0 Å². The number of carboxylic acids is 2. The second-order valence-corrected chi connectivity index (χ2v) is 8.72. The van der Waals surface area contributed by atoms with Crippen molar-refractivity contribution in [3.8, 4) is 5.75 Å². The van der Waals surface area contributed by atoms with E-state index in [0.29, 0.717) is 5.56 Å². The van der Waals surface area contributed by atoms with Gasteiger partial charge in [0.25, 0.3) is 0 Å². The number of aliphatic imine (C=N–C) groups is 1. The summed E-state index contributed by atoms with van der Waals surface area (Å²) in [5, 5.41) is 34.5. The van der Waals surface area contributed by atoms with Crippen molar-refractivity contribution >= 4 is 41.5 Å². The number of phenolic OH excluding ortho intramolecular Hbond substituents is 1. The molecule has 220 valence electrons. The first-order valence-electron chi connectivity index (χ1n) is 11.9. The predicted octanol–water partition coefficient (Wildman–Crippen LogP) is -3.80. The first kappa shape index (κ1) is 33.1. The molecule has 14 N–H and O–H groups in total. The van der Waals surface area contributed by atoms with Crippen LogP contribution in [0.25, 0.3) is 0 Å². The third-order valence-corrected chi connectivity index (χ3v) is 5.34. The molecule has 0 aromatic heterocycles. The Hall–Kier alpha value is -4.93. The maximum absolute atomic E-state index is 13.0. The van der Waals surface area contributed by atoms with Gasteiger partial charge in [0, 0.05) is 6.54 Å². The summed E-state index contributed by atoms with van der Waals surface area (Å²) < 4.78 is 0. The van der Waals surface area contributed by atoms with E-state index in [2.05, 4.69) is 20.9 Å². The minimum atomic E-state index is -1.70. The highest BCUT2D eigenvalue weighted by molar-refractivity contribution is 5.96. The summed E-state index contributed by atoms with van der Waals surface area (Å²) in [4.78, 5) is 76.2. The van der Waals surface area contributed by atoms with Crippen molar-refractivity contribution in [2.75, 3.05) is 6.54 Å². The molecule has 4 amide bonds. The standard InChI is InChI=1S/C23H34N8O9/c24-13(8-11-3-5-12(32)6-4-11)19(36)30-15(10-18(34)35)21(38)29-14(2-1-7-28-23(26)27)20(37)31-16(22(39)40)9-17(25)33/h3-6,13-16,32H,1-2,7-10,24H2,(H2,25,33)(H,29,38)(H,30,36)(H,31,37)(H,34,35)(H,39,40)(H4,26,27,28). The highest BCUT2D eigenvalue weighted by Crippen LogP contribution is 2.11. The Morgan fingerprint density at radius 3 is 1.88 bits per heavy atom. The molecule has 0 radical (unpaired) electrons. The summed E-state index contributed by atoms with van der Waals surface area (Å²) in [6.07, 6.45) is -1.61. The fourth-order valence-electron chi connectivity index (χ4n) is 3.36. The number of rotatable bonds is 17. The van der Waals surface area contributed by atoms with Crippen molar-refractivity contribution in [2.45, 2.75) is 56.3 Å². The smallest absolute Gasteiger partial charge is 0.326 e. The van der Waals surface area contributed by atoms with Gasteiger partial charge in [-0.1, -0.05) is 12.1 Å². The van der Waals surface area contributed by atoms with Gasteiger partial charge in [0.15, 0.2) is 5.96 Å².